The second-order valence-corrected chi connectivity index (χ2v) is 8.74. The summed E-state index contributed by atoms with van der Waals surface area (Å²) >= 11 is 0.558. The quantitative estimate of drug-likeness (QED) is 0.587. The third kappa shape index (κ3) is 1.41. The fraction of sp³-hybridized carbons (Fsp3) is 0.182. The summed E-state index contributed by atoms with van der Waals surface area (Å²) in [4.78, 5) is 11.7. The average molecular weight is 330 g/mol. The number of hydrogen-bond acceptors (Lipinski definition) is 2. The second-order valence-electron chi connectivity index (χ2n) is 3.55. The SMILES string of the molecule is Cc1cc2c(oc(=O)c3cc(C)[se]c32)[se]1. The zero-order valence-corrected chi connectivity index (χ0v) is 11.7. The molecule has 0 atom stereocenters. The van der Waals surface area contributed by atoms with E-state index in [0.29, 0.717) is 14.5 Å². The van der Waals surface area contributed by atoms with Gasteiger partial charge in [0.15, 0.2) is 0 Å². The van der Waals surface area contributed by atoms with E-state index < -0.39 is 0 Å². The molecule has 0 N–H and O–H groups in total. The van der Waals surface area contributed by atoms with Crippen LogP contribution in [-0.2, 0) is 0 Å². The maximum absolute atomic E-state index is 11.7. The van der Waals surface area contributed by atoms with Crippen molar-refractivity contribution in [1.82, 2.24) is 0 Å². The summed E-state index contributed by atoms with van der Waals surface area (Å²) in [6.07, 6.45) is 0. The zero-order chi connectivity index (χ0) is 10.6. The molecule has 3 heterocycles. The van der Waals surface area contributed by atoms with E-state index in [1.54, 1.807) is 0 Å². The minimum absolute atomic E-state index is 0.146. The molecule has 3 aromatic rings. The topological polar surface area (TPSA) is 30.2 Å². The molecule has 4 heteroatoms. The van der Waals surface area contributed by atoms with Crippen molar-refractivity contribution in [2.75, 3.05) is 0 Å². The molecule has 0 aliphatic carbocycles. The van der Waals surface area contributed by atoms with Crippen LogP contribution in [0.1, 0.15) is 8.87 Å². The fourth-order valence-corrected chi connectivity index (χ4v) is 5.98. The first kappa shape index (κ1) is 9.68. The van der Waals surface area contributed by atoms with Gasteiger partial charge >= 0.3 is 98.2 Å². The third-order valence-electron chi connectivity index (χ3n) is 2.33. The molecule has 0 saturated heterocycles. The van der Waals surface area contributed by atoms with Crippen LogP contribution in [0.25, 0.3) is 19.5 Å². The Bertz CT molecular complexity index is 715. The summed E-state index contributed by atoms with van der Waals surface area (Å²) in [5.41, 5.74) is -0.146. The molecule has 0 aliphatic rings. The van der Waals surface area contributed by atoms with E-state index in [0.717, 1.165) is 9.84 Å². The van der Waals surface area contributed by atoms with Gasteiger partial charge in [0.2, 0.25) is 0 Å². The number of rotatable bonds is 0. The maximum atomic E-state index is 11.7. The first-order valence-electron chi connectivity index (χ1n) is 4.58. The monoisotopic (exact) mass is 332 g/mol. The molecular weight excluding hydrogens is 322 g/mol. The van der Waals surface area contributed by atoms with Gasteiger partial charge in [-0.1, -0.05) is 0 Å². The summed E-state index contributed by atoms with van der Waals surface area (Å²) in [7, 11) is 0. The minimum atomic E-state index is -0.146. The van der Waals surface area contributed by atoms with Gasteiger partial charge in [0.1, 0.15) is 0 Å². The Kier molecular flexibility index (Phi) is 2.08. The number of fused-ring (bicyclic) bond motifs is 3. The molecule has 76 valence electrons. The van der Waals surface area contributed by atoms with Crippen LogP contribution >= 0.6 is 0 Å². The molecule has 0 radical (unpaired) electrons. The predicted molar refractivity (Wildman–Crippen MR) is 63.3 cm³/mol. The van der Waals surface area contributed by atoms with Crippen molar-refractivity contribution < 1.29 is 4.42 Å². The summed E-state index contributed by atoms with van der Waals surface area (Å²) in [6, 6.07) is 4.17. The molecule has 0 saturated carbocycles. The van der Waals surface area contributed by atoms with Gasteiger partial charge in [-0.2, -0.15) is 0 Å². The Morgan fingerprint density at radius 1 is 1.07 bits per heavy atom. The normalized spacial score (nSPS) is 11.6. The van der Waals surface area contributed by atoms with E-state index >= 15 is 0 Å². The Hall–Kier alpha value is -0.531. The van der Waals surface area contributed by atoms with E-state index in [2.05, 4.69) is 19.9 Å². The van der Waals surface area contributed by atoms with Gasteiger partial charge in [-0.15, -0.1) is 0 Å². The van der Waals surface area contributed by atoms with E-state index in [4.69, 9.17) is 4.42 Å². The second kappa shape index (κ2) is 3.23. The third-order valence-corrected chi connectivity index (χ3v) is 6.55. The van der Waals surface area contributed by atoms with Crippen LogP contribution in [0, 0.1) is 13.8 Å². The van der Waals surface area contributed by atoms with Gasteiger partial charge in [0.25, 0.3) is 0 Å². The van der Waals surface area contributed by atoms with Crippen LogP contribution in [0.15, 0.2) is 21.3 Å². The average Bonchev–Trinajstić information content (AvgIpc) is 2.68. The Morgan fingerprint density at radius 2 is 1.73 bits per heavy atom. The van der Waals surface area contributed by atoms with Crippen LogP contribution in [0.5, 0.6) is 0 Å². The standard InChI is InChI=1S/C11H8O2Se2/c1-5-3-7-9(14-5)8-4-6(2)15-11(8)13-10(7)12/h3-4H,1-2H3. The molecule has 0 spiro atoms. The van der Waals surface area contributed by atoms with Gasteiger partial charge in [-0.3, -0.25) is 0 Å². The molecule has 3 aromatic heterocycles. The molecule has 0 unspecified atom stereocenters. The molecule has 15 heavy (non-hydrogen) atoms. The molecule has 0 bridgehead atoms. The first-order valence-corrected chi connectivity index (χ1v) is 8.01. The van der Waals surface area contributed by atoms with Crippen molar-refractivity contribution in [3.05, 3.63) is 31.4 Å². The van der Waals surface area contributed by atoms with Crippen molar-refractivity contribution in [3.8, 4) is 0 Å². The van der Waals surface area contributed by atoms with Crippen LogP contribution in [0.2, 0.25) is 0 Å². The molecule has 0 aromatic carbocycles. The van der Waals surface area contributed by atoms with Gasteiger partial charge in [-0.25, -0.2) is 0 Å². The number of aryl methyl sites for hydroxylation is 2. The Morgan fingerprint density at radius 3 is 2.53 bits per heavy atom. The summed E-state index contributed by atoms with van der Waals surface area (Å²) in [5.74, 6) is 0. The van der Waals surface area contributed by atoms with Gasteiger partial charge in [0, 0.05) is 0 Å². The summed E-state index contributed by atoms with van der Waals surface area (Å²) in [6.45, 7) is 4.19. The van der Waals surface area contributed by atoms with Gasteiger partial charge in [0.05, 0.1) is 0 Å². The van der Waals surface area contributed by atoms with Crippen LogP contribution in [0.4, 0.5) is 0 Å². The molecule has 3 rings (SSSR count). The van der Waals surface area contributed by atoms with E-state index in [1.165, 1.54) is 18.5 Å². The van der Waals surface area contributed by atoms with E-state index in [-0.39, 0.29) is 20.1 Å². The predicted octanol–water partition coefficient (Wildman–Crippen LogP) is 1.68. The van der Waals surface area contributed by atoms with Crippen LogP contribution in [-0.4, -0.2) is 29.0 Å². The molecule has 0 aliphatic heterocycles. The Balaban J connectivity index is 2.67. The van der Waals surface area contributed by atoms with Crippen LogP contribution in [0.3, 0.4) is 0 Å². The van der Waals surface area contributed by atoms with Crippen LogP contribution < -0.4 is 5.63 Å². The van der Waals surface area contributed by atoms with Crippen molar-refractivity contribution in [2.45, 2.75) is 13.8 Å². The fourth-order valence-electron chi connectivity index (χ4n) is 1.73. The summed E-state index contributed by atoms with van der Waals surface area (Å²) < 4.78 is 10.2. The first-order chi connectivity index (χ1) is 7.15. The number of hydrogen-bond donors (Lipinski definition) is 0. The zero-order valence-electron chi connectivity index (χ0n) is 8.29. The van der Waals surface area contributed by atoms with Gasteiger partial charge in [-0.05, 0) is 0 Å². The summed E-state index contributed by atoms with van der Waals surface area (Å²) in [5, 5.41) is 2.00. The van der Waals surface area contributed by atoms with Crippen molar-refractivity contribution in [1.29, 1.82) is 0 Å². The van der Waals surface area contributed by atoms with E-state index in [9.17, 15) is 4.79 Å². The Labute approximate surface area is 98.0 Å². The van der Waals surface area contributed by atoms with Crippen molar-refractivity contribution in [2.24, 2.45) is 0 Å². The van der Waals surface area contributed by atoms with Gasteiger partial charge < -0.3 is 0 Å². The van der Waals surface area contributed by atoms with Crippen molar-refractivity contribution in [3.63, 3.8) is 0 Å². The van der Waals surface area contributed by atoms with Crippen molar-refractivity contribution >= 4 is 48.5 Å². The van der Waals surface area contributed by atoms with E-state index in [1.807, 2.05) is 6.07 Å². The molecule has 0 fully saturated rings. The molecular formula is C11H8O2Se2. The molecule has 0 amide bonds. The molecule has 2 nitrogen and oxygen atoms in total.